The topological polar surface area (TPSA) is 63.3 Å². The summed E-state index contributed by atoms with van der Waals surface area (Å²) in [6.07, 6.45) is 5.43. The standard InChI is InChI=1S/C9H16NO2P/c1-2-3-9(13(11)12)7-4-5-8(10)6-7/h4,8-9H,2-3,5-6,10H2,1H3/p+1. The van der Waals surface area contributed by atoms with Crippen LogP contribution in [0.1, 0.15) is 32.6 Å². The normalized spacial score (nSPS) is 25.6. The van der Waals surface area contributed by atoms with E-state index < -0.39 is 8.03 Å². The molecule has 3 atom stereocenters. The van der Waals surface area contributed by atoms with Gasteiger partial charge >= 0.3 is 8.03 Å². The van der Waals surface area contributed by atoms with E-state index in [9.17, 15) is 4.57 Å². The van der Waals surface area contributed by atoms with Crippen molar-refractivity contribution in [1.29, 1.82) is 0 Å². The molecule has 0 amide bonds. The fraction of sp³-hybridized carbons (Fsp3) is 0.778. The van der Waals surface area contributed by atoms with Gasteiger partial charge in [0.2, 0.25) is 5.66 Å². The van der Waals surface area contributed by atoms with E-state index in [2.05, 4.69) is 0 Å². The largest absolute Gasteiger partial charge is 0.513 e. The molecule has 3 nitrogen and oxygen atoms in total. The quantitative estimate of drug-likeness (QED) is 0.541. The van der Waals surface area contributed by atoms with Gasteiger partial charge < -0.3 is 5.73 Å². The van der Waals surface area contributed by atoms with Crippen LogP contribution in [0.15, 0.2) is 11.6 Å². The highest BCUT2D eigenvalue weighted by molar-refractivity contribution is 7.39. The number of rotatable bonds is 4. The molecule has 0 aromatic carbocycles. The third-order valence-electron chi connectivity index (χ3n) is 2.44. The van der Waals surface area contributed by atoms with Crippen molar-refractivity contribution in [3.63, 3.8) is 0 Å². The van der Waals surface area contributed by atoms with Crippen molar-refractivity contribution in [3.8, 4) is 0 Å². The van der Waals surface area contributed by atoms with Gasteiger partial charge in [-0.2, -0.15) is 4.89 Å². The second kappa shape index (κ2) is 4.85. The molecule has 0 aromatic rings. The lowest BCUT2D eigenvalue weighted by atomic mass is 10.1. The summed E-state index contributed by atoms with van der Waals surface area (Å²) in [6.45, 7) is 2.03. The summed E-state index contributed by atoms with van der Waals surface area (Å²) < 4.78 is 11.0. The lowest BCUT2D eigenvalue weighted by Gasteiger charge is -2.05. The summed E-state index contributed by atoms with van der Waals surface area (Å²) in [5.74, 6) is 0. The summed E-state index contributed by atoms with van der Waals surface area (Å²) in [6, 6.07) is 0.171. The molecule has 74 valence electrons. The van der Waals surface area contributed by atoms with Crippen molar-refractivity contribution in [2.24, 2.45) is 5.73 Å². The molecular weight excluding hydrogens is 185 g/mol. The van der Waals surface area contributed by atoms with Crippen LogP contribution in [0.4, 0.5) is 0 Å². The van der Waals surface area contributed by atoms with Crippen LogP contribution in [-0.2, 0) is 4.57 Å². The number of hydrogen-bond acceptors (Lipinski definition) is 2. The highest BCUT2D eigenvalue weighted by atomic mass is 31.1. The Bertz CT molecular complexity index is 228. The molecule has 1 aliphatic carbocycles. The van der Waals surface area contributed by atoms with Crippen LogP contribution in [0, 0.1) is 0 Å². The fourth-order valence-corrected chi connectivity index (χ4v) is 2.73. The minimum Gasteiger partial charge on any atom is -0.327 e. The molecular formula is C9H17NO2P+. The Morgan fingerprint density at radius 2 is 2.54 bits per heavy atom. The van der Waals surface area contributed by atoms with Gasteiger partial charge in [-0.15, -0.1) is 0 Å². The third kappa shape index (κ3) is 2.87. The molecule has 1 aliphatic rings. The molecule has 0 radical (unpaired) electrons. The van der Waals surface area contributed by atoms with Crippen molar-refractivity contribution in [1.82, 2.24) is 0 Å². The lowest BCUT2D eigenvalue weighted by molar-refractivity contribution is 0.488. The molecule has 0 spiro atoms. The zero-order chi connectivity index (χ0) is 9.84. The van der Waals surface area contributed by atoms with E-state index in [1.54, 1.807) is 0 Å². The van der Waals surface area contributed by atoms with Crippen LogP contribution in [-0.4, -0.2) is 16.6 Å². The lowest BCUT2D eigenvalue weighted by Crippen LogP contribution is -2.17. The van der Waals surface area contributed by atoms with Gasteiger partial charge in [0.1, 0.15) is 0 Å². The fourth-order valence-electron chi connectivity index (χ4n) is 1.76. The van der Waals surface area contributed by atoms with Gasteiger partial charge in [0, 0.05) is 12.5 Å². The average Bonchev–Trinajstić information content (AvgIpc) is 2.46. The van der Waals surface area contributed by atoms with Gasteiger partial charge in [-0.3, -0.25) is 0 Å². The maximum absolute atomic E-state index is 11.0. The monoisotopic (exact) mass is 202 g/mol. The first kappa shape index (κ1) is 10.8. The molecule has 3 N–H and O–H groups in total. The SMILES string of the molecule is CCCC(C1=CCC(N)C1)[P+](=O)O. The second-order valence-corrected chi connectivity index (χ2v) is 4.81. The van der Waals surface area contributed by atoms with E-state index in [-0.39, 0.29) is 11.7 Å². The highest BCUT2D eigenvalue weighted by Gasteiger charge is 2.34. The molecule has 0 saturated heterocycles. The van der Waals surface area contributed by atoms with Crippen LogP contribution in [0.2, 0.25) is 0 Å². The van der Waals surface area contributed by atoms with Crippen LogP contribution in [0.5, 0.6) is 0 Å². The summed E-state index contributed by atoms with van der Waals surface area (Å²) in [5, 5.41) is 0. The molecule has 0 aromatic heterocycles. The first-order valence-electron chi connectivity index (χ1n) is 4.75. The molecule has 1 rings (SSSR count). The van der Waals surface area contributed by atoms with E-state index in [1.165, 1.54) is 0 Å². The van der Waals surface area contributed by atoms with E-state index in [0.29, 0.717) is 0 Å². The maximum atomic E-state index is 11.0. The second-order valence-electron chi connectivity index (χ2n) is 3.59. The van der Waals surface area contributed by atoms with E-state index >= 15 is 0 Å². The predicted molar refractivity (Wildman–Crippen MR) is 53.8 cm³/mol. The van der Waals surface area contributed by atoms with Gasteiger partial charge in [0.25, 0.3) is 0 Å². The van der Waals surface area contributed by atoms with Crippen LogP contribution >= 0.6 is 8.03 Å². The Morgan fingerprint density at radius 3 is 2.92 bits per heavy atom. The number of nitrogens with two attached hydrogens (primary N) is 1. The minimum absolute atomic E-state index is 0.145. The Balaban J connectivity index is 2.60. The molecule has 0 bridgehead atoms. The van der Waals surface area contributed by atoms with E-state index in [0.717, 1.165) is 31.3 Å². The van der Waals surface area contributed by atoms with Gasteiger partial charge in [-0.25, -0.2) is 0 Å². The third-order valence-corrected chi connectivity index (χ3v) is 3.56. The van der Waals surface area contributed by atoms with Crippen molar-refractivity contribution in [2.45, 2.75) is 44.3 Å². The molecule has 0 heterocycles. The molecule has 4 heteroatoms. The van der Waals surface area contributed by atoms with Gasteiger partial charge in [-0.1, -0.05) is 19.4 Å². The van der Waals surface area contributed by atoms with Crippen molar-refractivity contribution >= 4 is 8.03 Å². The summed E-state index contributed by atoms with van der Waals surface area (Å²) in [7, 11) is -2.07. The highest BCUT2D eigenvalue weighted by Crippen LogP contribution is 2.37. The maximum Gasteiger partial charge on any atom is 0.513 e. The summed E-state index contributed by atoms with van der Waals surface area (Å²) in [5.41, 5.74) is 6.68. The van der Waals surface area contributed by atoms with Crippen LogP contribution in [0.3, 0.4) is 0 Å². The molecule has 0 saturated carbocycles. The first-order valence-corrected chi connectivity index (χ1v) is 6.03. The van der Waals surface area contributed by atoms with Crippen LogP contribution in [0.25, 0.3) is 0 Å². The molecule has 3 unspecified atom stereocenters. The Hall–Kier alpha value is -0.240. The predicted octanol–water partition coefficient (Wildman–Crippen LogP) is 1.94. The Kier molecular flexibility index (Phi) is 4.04. The Morgan fingerprint density at radius 1 is 1.85 bits per heavy atom. The molecule has 0 aliphatic heterocycles. The van der Waals surface area contributed by atoms with Crippen molar-refractivity contribution in [3.05, 3.63) is 11.6 Å². The van der Waals surface area contributed by atoms with Crippen molar-refractivity contribution < 1.29 is 9.46 Å². The van der Waals surface area contributed by atoms with Gasteiger partial charge in [0.15, 0.2) is 0 Å². The Labute approximate surface area is 79.9 Å². The summed E-state index contributed by atoms with van der Waals surface area (Å²) >= 11 is 0. The smallest absolute Gasteiger partial charge is 0.327 e. The first-order chi connectivity index (χ1) is 6.15. The van der Waals surface area contributed by atoms with Gasteiger partial charge in [0.05, 0.1) is 0 Å². The summed E-state index contributed by atoms with van der Waals surface area (Å²) in [4.78, 5) is 9.12. The van der Waals surface area contributed by atoms with Gasteiger partial charge in [-0.05, 0) is 23.0 Å². The molecule has 0 fully saturated rings. The zero-order valence-electron chi connectivity index (χ0n) is 7.94. The average molecular weight is 202 g/mol. The van der Waals surface area contributed by atoms with Crippen LogP contribution < -0.4 is 5.73 Å². The zero-order valence-corrected chi connectivity index (χ0v) is 8.83. The minimum atomic E-state index is -2.07. The number of hydrogen-bond donors (Lipinski definition) is 2. The van der Waals surface area contributed by atoms with E-state index in [4.69, 9.17) is 10.6 Å². The van der Waals surface area contributed by atoms with Crippen molar-refractivity contribution in [2.75, 3.05) is 0 Å². The molecule has 13 heavy (non-hydrogen) atoms. The van der Waals surface area contributed by atoms with E-state index in [1.807, 2.05) is 13.0 Å².